The summed E-state index contributed by atoms with van der Waals surface area (Å²) in [7, 11) is 0. The zero-order chi connectivity index (χ0) is 21.3. The lowest BCUT2D eigenvalue weighted by molar-refractivity contribution is -0.137. The number of carboxylic acids is 1. The third kappa shape index (κ3) is 6.50. The number of carbonyl (C=O) groups is 3. The van der Waals surface area contributed by atoms with E-state index in [9.17, 15) is 19.5 Å². The monoisotopic (exact) mass is 417 g/mol. The van der Waals surface area contributed by atoms with Crippen molar-refractivity contribution in [1.82, 2.24) is 25.8 Å². The lowest BCUT2D eigenvalue weighted by Crippen LogP contribution is -2.58. The number of carbonyl (C=O) groups excluding carboxylic acids is 2. The van der Waals surface area contributed by atoms with Gasteiger partial charge in [-0.15, -0.1) is 0 Å². The first-order chi connectivity index (χ1) is 14.5. The van der Waals surface area contributed by atoms with Crippen molar-refractivity contribution in [2.75, 3.05) is 32.7 Å². The summed E-state index contributed by atoms with van der Waals surface area (Å²) in [5.41, 5.74) is 0.638. The molecular formula is C21H31N5O4. The van der Waals surface area contributed by atoms with Gasteiger partial charge in [-0.25, -0.2) is 0 Å². The third-order valence-electron chi connectivity index (χ3n) is 5.85. The molecule has 2 saturated heterocycles. The van der Waals surface area contributed by atoms with E-state index in [1.54, 1.807) is 29.4 Å². The minimum atomic E-state index is -1.00. The molecule has 0 radical (unpaired) electrons. The maximum Gasteiger partial charge on any atom is 0.305 e. The van der Waals surface area contributed by atoms with E-state index in [1.165, 1.54) is 0 Å². The Hall–Kier alpha value is -2.52. The lowest BCUT2D eigenvalue weighted by Gasteiger charge is -2.34. The van der Waals surface area contributed by atoms with E-state index in [1.807, 2.05) is 0 Å². The zero-order valence-electron chi connectivity index (χ0n) is 17.2. The summed E-state index contributed by atoms with van der Waals surface area (Å²) in [4.78, 5) is 42.5. The number of rotatable bonds is 8. The molecule has 0 aliphatic carbocycles. The van der Waals surface area contributed by atoms with Crippen molar-refractivity contribution in [3.8, 4) is 0 Å². The Morgan fingerprint density at radius 2 is 2.07 bits per heavy atom. The van der Waals surface area contributed by atoms with Gasteiger partial charge in [-0.3, -0.25) is 19.4 Å². The molecule has 2 atom stereocenters. The zero-order valence-corrected chi connectivity index (χ0v) is 17.2. The van der Waals surface area contributed by atoms with E-state index in [-0.39, 0.29) is 18.2 Å². The fourth-order valence-electron chi connectivity index (χ4n) is 4.09. The highest BCUT2D eigenvalue weighted by Crippen LogP contribution is 2.19. The molecule has 3 rings (SSSR count). The van der Waals surface area contributed by atoms with Crippen LogP contribution in [0.5, 0.6) is 0 Å². The summed E-state index contributed by atoms with van der Waals surface area (Å²) in [6.45, 7) is 3.44. The predicted molar refractivity (Wildman–Crippen MR) is 111 cm³/mol. The van der Waals surface area contributed by atoms with Gasteiger partial charge in [0.15, 0.2) is 0 Å². The predicted octanol–water partition coefficient (Wildman–Crippen LogP) is 0.294. The Labute approximate surface area is 176 Å². The molecule has 2 aliphatic rings. The molecule has 2 aliphatic heterocycles. The maximum atomic E-state index is 12.8. The number of pyridine rings is 1. The summed E-state index contributed by atoms with van der Waals surface area (Å²) < 4.78 is 0. The van der Waals surface area contributed by atoms with Gasteiger partial charge in [-0.2, -0.15) is 0 Å². The van der Waals surface area contributed by atoms with Crippen molar-refractivity contribution >= 4 is 17.8 Å². The average Bonchev–Trinajstić information content (AvgIpc) is 2.78. The molecule has 2 fully saturated rings. The molecule has 4 N–H and O–H groups in total. The minimum Gasteiger partial charge on any atom is -0.481 e. The van der Waals surface area contributed by atoms with E-state index >= 15 is 0 Å². The quantitative estimate of drug-likeness (QED) is 0.479. The minimum absolute atomic E-state index is 0.0853. The smallest absolute Gasteiger partial charge is 0.305 e. The van der Waals surface area contributed by atoms with Crippen molar-refractivity contribution in [2.24, 2.45) is 5.92 Å². The maximum absolute atomic E-state index is 12.8. The van der Waals surface area contributed by atoms with Crippen LogP contribution in [0.4, 0.5) is 0 Å². The Morgan fingerprint density at radius 3 is 2.77 bits per heavy atom. The van der Waals surface area contributed by atoms with E-state index in [0.29, 0.717) is 37.5 Å². The number of aliphatic carboxylic acids is 1. The molecule has 9 nitrogen and oxygen atoms in total. The largest absolute Gasteiger partial charge is 0.481 e. The Kier molecular flexibility index (Phi) is 8.15. The van der Waals surface area contributed by atoms with Gasteiger partial charge in [0.1, 0.15) is 6.04 Å². The summed E-state index contributed by atoms with van der Waals surface area (Å²) in [5, 5.41) is 18.5. The Balaban J connectivity index is 1.53. The first kappa shape index (κ1) is 22.2. The lowest BCUT2D eigenvalue weighted by atomic mass is 9.93. The van der Waals surface area contributed by atoms with Gasteiger partial charge < -0.3 is 26.0 Å². The summed E-state index contributed by atoms with van der Waals surface area (Å²) in [5.74, 6) is -0.632. The van der Waals surface area contributed by atoms with Gasteiger partial charge in [-0.1, -0.05) is 6.07 Å². The molecule has 164 valence electrons. The van der Waals surface area contributed by atoms with Crippen LogP contribution in [0.1, 0.15) is 43.7 Å². The van der Waals surface area contributed by atoms with E-state index < -0.39 is 18.1 Å². The van der Waals surface area contributed by atoms with Crippen LogP contribution in [-0.2, 0) is 14.4 Å². The van der Waals surface area contributed by atoms with Crippen molar-refractivity contribution in [3.63, 3.8) is 0 Å². The van der Waals surface area contributed by atoms with Gasteiger partial charge in [0.25, 0.3) is 0 Å². The molecule has 3 heterocycles. The number of hydrogen-bond donors (Lipinski definition) is 4. The number of nitrogens with zero attached hydrogens (tertiary/aromatic N) is 2. The highest BCUT2D eigenvalue weighted by atomic mass is 16.4. The van der Waals surface area contributed by atoms with Crippen LogP contribution in [0.25, 0.3) is 0 Å². The molecule has 0 saturated carbocycles. The van der Waals surface area contributed by atoms with Crippen molar-refractivity contribution in [1.29, 1.82) is 0 Å². The molecule has 30 heavy (non-hydrogen) atoms. The number of carboxylic acid groups (broad SMARTS) is 1. The number of nitrogens with one attached hydrogen (secondary N) is 3. The van der Waals surface area contributed by atoms with Crippen LogP contribution >= 0.6 is 0 Å². The normalized spacial score (nSPS) is 21.1. The SMILES string of the molecule is O=C(O)C[C@H](NC(=O)[C@H]1CN(C(=O)CCC2CCNCC2)CCN1)c1cccnc1. The van der Waals surface area contributed by atoms with Crippen LogP contribution < -0.4 is 16.0 Å². The van der Waals surface area contributed by atoms with Crippen molar-refractivity contribution in [3.05, 3.63) is 30.1 Å². The number of piperazine rings is 1. The highest BCUT2D eigenvalue weighted by Gasteiger charge is 2.30. The molecule has 0 spiro atoms. The number of amides is 2. The second-order valence-electron chi connectivity index (χ2n) is 8.02. The Bertz CT molecular complexity index is 723. The Morgan fingerprint density at radius 1 is 1.27 bits per heavy atom. The van der Waals surface area contributed by atoms with E-state index in [4.69, 9.17) is 0 Å². The van der Waals surface area contributed by atoms with Crippen LogP contribution in [0, 0.1) is 5.92 Å². The molecular weight excluding hydrogens is 386 g/mol. The molecule has 0 unspecified atom stereocenters. The first-order valence-corrected chi connectivity index (χ1v) is 10.7. The molecule has 1 aromatic heterocycles. The number of aromatic nitrogens is 1. The highest BCUT2D eigenvalue weighted by molar-refractivity contribution is 5.84. The van der Waals surface area contributed by atoms with E-state index in [0.717, 1.165) is 32.4 Å². The number of piperidine rings is 1. The van der Waals surface area contributed by atoms with Gasteiger partial charge in [-0.05, 0) is 49.9 Å². The van der Waals surface area contributed by atoms with Gasteiger partial charge in [0, 0.05) is 38.4 Å². The third-order valence-corrected chi connectivity index (χ3v) is 5.85. The summed E-state index contributed by atoms with van der Waals surface area (Å²) >= 11 is 0. The van der Waals surface area contributed by atoms with Crippen molar-refractivity contribution in [2.45, 2.75) is 44.2 Å². The standard InChI is InChI=1S/C21H31N5O4/c27-19(4-3-15-5-8-22-9-6-15)26-11-10-24-18(14-26)21(30)25-17(12-20(28)29)16-2-1-7-23-13-16/h1-2,7,13,15,17-18,22,24H,3-6,8-12,14H2,(H,25,30)(H,28,29)/t17-,18+/m0/s1. The molecule has 2 amide bonds. The second kappa shape index (κ2) is 11.0. The topological polar surface area (TPSA) is 124 Å². The summed E-state index contributed by atoms with van der Waals surface area (Å²) in [6.07, 6.45) is 6.54. The van der Waals surface area contributed by atoms with Crippen molar-refractivity contribution < 1.29 is 19.5 Å². The fourth-order valence-corrected chi connectivity index (χ4v) is 4.09. The molecule has 0 bridgehead atoms. The van der Waals surface area contributed by atoms with Crippen LogP contribution in [0.2, 0.25) is 0 Å². The molecule has 1 aromatic rings. The van der Waals surface area contributed by atoms with Crippen LogP contribution in [0.15, 0.2) is 24.5 Å². The number of hydrogen-bond acceptors (Lipinski definition) is 6. The van der Waals surface area contributed by atoms with Gasteiger partial charge in [0.05, 0.1) is 12.5 Å². The van der Waals surface area contributed by atoms with Gasteiger partial charge in [0.2, 0.25) is 11.8 Å². The molecule has 0 aromatic carbocycles. The fraction of sp³-hybridized carbons (Fsp3) is 0.619. The van der Waals surface area contributed by atoms with Crippen LogP contribution in [-0.4, -0.2) is 71.5 Å². The first-order valence-electron chi connectivity index (χ1n) is 10.7. The average molecular weight is 418 g/mol. The van der Waals surface area contributed by atoms with E-state index in [2.05, 4.69) is 20.9 Å². The second-order valence-corrected chi connectivity index (χ2v) is 8.02. The molecule has 9 heteroatoms. The van der Waals surface area contributed by atoms with Gasteiger partial charge >= 0.3 is 5.97 Å². The summed E-state index contributed by atoms with van der Waals surface area (Å²) in [6, 6.07) is 2.22. The van der Waals surface area contributed by atoms with Crippen LogP contribution in [0.3, 0.4) is 0 Å².